The third-order valence-corrected chi connectivity index (χ3v) is 5.32. The Balaban J connectivity index is 1.62. The molecular weight excluding hydrogens is 360 g/mol. The van der Waals surface area contributed by atoms with Crippen molar-refractivity contribution in [2.45, 2.75) is 18.6 Å². The molecule has 7 nitrogen and oxygen atoms in total. The maximum Gasteiger partial charge on any atom is 0.305 e. The summed E-state index contributed by atoms with van der Waals surface area (Å²) in [5, 5.41) is 18.8. The molecule has 1 unspecified atom stereocenters. The minimum absolute atomic E-state index is 0.238. The summed E-state index contributed by atoms with van der Waals surface area (Å²) in [6.45, 7) is 1.96. The second kappa shape index (κ2) is 7.58. The molecule has 0 aliphatic carbocycles. The zero-order chi connectivity index (χ0) is 17.8. The lowest BCUT2D eigenvalue weighted by atomic mass is 10.1. The van der Waals surface area contributed by atoms with Crippen molar-refractivity contribution in [3.8, 4) is 10.4 Å². The van der Waals surface area contributed by atoms with Gasteiger partial charge in [0.15, 0.2) is 5.17 Å². The van der Waals surface area contributed by atoms with Crippen LogP contribution in [0, 0.1) is 6.92 Å². The molecular formula is C16H14N4O3S2. The molecule has 9 heteroatoms. The largest absolute Gasteiger partial charge is 0.481 e. The maximum atomic E-state index is 11.6. The number of nitrogens with zero attached hydrogens (tertiary/aromatic N) is 3. The Morgan fingerprint density at radius 1 is 1.40 bits per heavy atom. The Labute approximate surface area is 152 Å². The van der Waals surface area contributed by atoms with Gasteiger partial charge in [-0.15, -0.1) is 5.10 Å². The van der Waals surface area contributed by atoms with Crippen LogP contribution in [0.25, 0.3) is 10.4 Å². The number of rotatable bonds is 5. The number of aromatic nitrogens is 1. The zero-order valence-electron chi connectivity index (χ0n) is 13.2. The van der Waals surface area contributed by atoms with Crippen LogP contribution in [0.2, 0.25) is 0 Å². The van der Waals surface area contributed by atoms with Crippen molar-refractivity contribution in [1.29, 1.82) is 0 Å². The molecule has 0 spiro atoms. The zero-order valence-corrected chi connectivity index (χ0v) is 14.8. The fourth-order valence-electron chi connectivity index (χ4n) is 2.13. The van der Waals surface area contributed by atoms with Crippen molar-refractivity contribution in [3.63, 3.8) is 0 Å². The summed E-state index contributed by atoms with van der Waals surface area (Å²) in [6, 6.07) is 9.84. The monoisotopic (exact) mass is 374 g/mol. The van der Waals surface area contributed by atoms with Crippen LogP contribution in [0.5, 0.6) is 0 Å². The van der Waals surface area contributed by atoms with Crippen LogP contribution in [0.3, 0.4) is 0 Å². The number of thioether (sulfide) groups is 1. The molecule has 1 aromatic heterocycles. The van der Waals surface area contributed by atoms with E-state index in [1.165, 1.54) is 11.5 Å². The Morgan fingerprint density at radius 2 is 2.16 bits per heavy atom. The Bertz CT molecular complexity index is 859. The first-order valence-electron chi connectivity index (χ1n) is 7.35. The first-order valence-corrected chi connectivity index (χ1v) is 9.00. The number of hydrogen-bond acceptors (Lipinski definition) is 7. The number of carbonyl (C=O) groups excluding carboxylic acids is 1. The van der Waals surface area contributed by atoms with Crippen molar-refractivity contribution >= 4 is 46.6 Å². The van der Waals surface area contributed by atoms with Crippen LogP contribution in [0.15, 0.2) is 40.5 Å². The van der Waals surface area contributed by atoms with E-state index in [0.29, 0.717) is 5.17 Å². The molecule has 3 rings (SSSR count). The second-order valence-corrected chi connectivity index (χ2v) is 7.29. The lowest BCUT2D eigenvalue weighted by Crippen LogP contribution is -2.26. The van der Waals surface area contributed by atoms with Gasteiger partial charge in [0.25, 0.3) is 0 Å². The van der Waals surface area contributed by atoms with E-state index in [-0.39, 0.29) is 12.3 Å². The van der Waals surface area contributed by atoms with Crippen molar-refractivity contribution in [2.75, 3.05) is 0 Å². The molecule has 1 aliphatic heterocycles. The quantitative estimate of drug-likeness (QED) is 0.618. The Kier molecular flexibility index (Phi) is 5.25. The number of aliphatic carboxylic acids is 1. The summed E-state index contributed by atoms with van der Waals surface area (Å²) >= 11 is 2.53. The number of hydrogen-bond donors (Lipinski definition) is 2. The van der Waals surface area contributed by atoms with Gasteiger partial charge in [-0.2, -0.15) is 9.47 Å². The summed E-state index contributed by atoms with van der Waals surface area (Å²) in [7, 11) is 0. The van der Waals surface area contributed by atoms with Crippen molar-refractivity contribution in [1.82, 2.24) is 9.69 Å². The van der Waals surface area contributed by atoms with E-state index < -0.39 is 11.2 Å². The van der Waals surface area contributed by atoms with Crippen LogP contribution < -0.4 is 5.32 Å². The topological polar surface area (TPSA) is 104 Å². The lowest BCUT2D eigenvalue weighted by molar-refractivity contribution is -0.138. The van der Waals surface area contributed by atoms with E-state index in [9.17, 15) is 9.59 Å². The highest BCUT2D eigenvalue weighted by Gasteiger charge is 2.32. The van der Waals surface area contributed by atoms with E-state index in [2.05, 4.69) is 19.9 Å². The minimum atomic E-state index is -1.02. The molecule has 1 aromatic carbocycles. The molecule has 0 bridgehead atoms. The highest BCUT2D eigenvalue weighted by molar-refractivity contribution is 8.15. The number of carboxylic acids is 1. The number of amidine groups is 1. The number of amides is 1. The van der Waals surface area contributed by atoms with E-state index in [4.69, 9.17) is 5.11 Å². The fraction of sp³-hybridized carbons (Fsp3) is 0.188. The SMILES string of the molecule is Cc1cc(-c2ccc(C=NN=C3NC(=O)C(CC(=O)O)S3)cc2)sn1. The Hall–Kier alpha value is -2.52. The minimum Gasteiger partial charge on any atom is -0.481 e. The van der Waals surface area contributed by atoms with Gasteiger partial charge in [0.05, 0.1) is 23.2 Å². The summed E-state index contributed by atoms with van der Waals surface area (Å²) in [5.74, 6) is -1.38. The van der Waals surface area contributed by atoms with Crippen LogP contribution in [-0.4, -0.2) is 38.0 Å². The van der Waals surface area contributed by atoms with Crippen LogP contribution in [0.4, 0.5) is 0 Å². The van der Waals surface area contributed by atoms with E-state index in [1.54, 1.807) is 6.21 Å². The van der Waals surface area contributed by atoms with Gasteiger partial charge in [-0.05, 0) is 35.6 Å². The smallest absolute Gasteiger partial charge is 0.305 e. The second-order valence-electron chi connectivity index (χ2n) is 5.30. The molecule has 1 atom stereocenters. The molecule has 1 fully saturated rings. The first kappa shape index (κ1) is 17.3. The van der Waals surface area contributed by atoms with Crippen LogP contribution in [0.1, 0.15) is 17.7 Å². The van der Waals surface area contributed by atoms with E-state index in [1.807, 2.05) is 37.3 Å². The van der Waals surface area contributed by atoms with Gasteiger partial charge in [0.1, 0.15) is 5.25 Å². The molecule has 0 radical (unpaired) electrons. The number of carbonyl (C=O) groups is 2. The van der Waals surface area contributed by atoms with Gasteiger partial charge in [-0.3, -0.25) is 9.59 Å². The Morgan fingerprint density at radius 3 is 2.80 bits per heavy atom. The molecule has 128 valence electrons. The van der Waals surface area contributed by atoms with Gasteiger partial charge in [0, 0.05) is 0 Å². The lowest BCUT2D eigenvalue weighted by Gasteiger charge is -1.98. The average molecular weight is 374 g/mol. The third kappa shape index (κ3) is 4.52. The first-order chi connectivity index (χ1) is 12.0. The van der Waals surface area contributed by atoms with Crippen LogP contribution >= 0.6 is 23.3 Å². The van der Waals surface area contributed by atoms with Crippen molar-refractivity contribution < 1.29 is 14.7 Å². The van der Waals surface area contributed by atoms with Gasteiger partial charge in [0.2, 0.25) is 5.91 Å². The maximum absolute atomic E-state index is 11.6. The molecule has 0 saturated carbocycles. The number of carboxylic acid groups (broad SMARTS) is 1. The summed E-state index contributed by atoms with van der Waals surface area (Å²) in [5.41, 5.74) is 2.95. The molecule has 2 heterocycles. The predicted octanol–water partition coefficient (Wildman–Crippen LogP) is 2.51. The summed E-state index contributed by atoms with van der Waals surface area (Å²) in [6.07, 6.45) is 1.34. The van der Waals surface area contributed by atoms with Gasteiger partial charge >= 0.3 is 5.97 Å². The van der Waals surface area contributed by atoms with Gasteiger partial charge < -0.3 is 10.4 Å². The molecule has 1 aliphatic rings. The highest BCUT2D eigenvalue weighted by Crippen LogP contribution is 2.25. The summed E-state index contributed by atoms with van der Waals surface area (Å²) in [4.78, 5) is 23.4. The van der Waals surface area contributed by atoms with Crippen molar-refractivity contribution in [2.24, 2.45) is 10.2 Å². The number of aryl methyl sites for hydroxylation is 1. The van der Waals surface area contributed by atoms with Gasteiger partial charge in [-0.25, -0.2) is 0 Å². The van der Waals surface area contributed by atoms with Crippen LogP contribution in [-0.2, 0) is 9.59 Å². The normalized spacial score (nSPS) is 18.8. The fourth-order valence-corrected chi connectivity index (χ4v) is 3.80. The standard InChI is InChI=1S/C16H14N4O3S2/c1-9-6-12(25-20-9)11-4-2-10(3-5-11)8-17-19-16-18-15(23)13(24-16)7-14(21)22/h2-6,8,13H,7H2,1H3,(H,21,22)(H,18,19,23). The highest BCUT2D eigenvalue weighted by atomic mass is 32.2. The molecule has 2 N–H and O–H groups in total. The predicted molar refractivity (Wildman–Crippen MR) is 99.1 cm³/mol. The molecule has 1 saturated heterocycles. The van der Waals surface area contributed by atoms with E-state index in [0.717, 1.165) is 33.5 Å². The van der Waals surface area contributed by atoms with E-state index >= 15 is 0 Å². The molecule has 25 heavy (non-hydrogen) atoms. The molecule has 1 amide bonds. The third-order valence-electron chi connectivity index (χ3n) is 3.32. The van der Waals surface area contributed by atoms with Gasteiger partial charge in [-0.1, -0.05) is 36.0 Å². The van der Waals surface area contributed by atoms with Crippen molar-refractivity contribution in [3.05, 3.63) is 41.6 Å². The number of benzene rings is 1. The molecule has 2 aromatic rings. The number of nitrogens with one attached hydrogen (secondary N) is 1. The summed E-state index contributed by atoms with van der Waals surface area (Å²) < 4.78 is 4.26. The average Bonchev–Trinajstić information content (AvgIpc) is 3.14.